The zero-order valence-corrected chi connectivity index (χ0v) is 11.1. The number of para-hydroxylation sites is 1. The molecule has 98 valence electrons. The zero-order chi connectivity index (χ0) is 13.1. The van der Waals surface area contributed by atoms with Crippen LogP contribution in [0, 0.1) is 6.92 Å². The Bertz CT molecular complexity index is 549. The lowest BCUT2D eigenvalue weighted by atomic mass is 9.93. The van der Waals surface area contributed by atoms with E-state index < -0.39 is 0 Å². The van der Waals surface area contributed by atoms with E-state index >= 15 is 0 Å². The van der Waals surface area contributed by atoms with Gasteiger partial charge in [-0.15, -0.1) is 0 Å². The van der Waals surface area contributed by atoms with Gasteiger partial charge in [0.05, 0.1) is 0 Å². The van der Waals surface area contributed by atoms with Crippen LogP contribution < -0.4 is 10.6 Å². The van der Waals surface area contributed by atoms with E-state index in [1.165, 1.54) is 19.3 Å². The molecule has 1 aliphatic carbocycles. The third-order valence-electron chi connectivity index (χ3n) is 3.45. The molecule has 0 radical (unpaired) electrons. The van der Waals surface area contributed by atoms with Gasteiger partial charge in [0.25, 0.3) is 0 Å². The summed E-state index contributed by atoms with van der Waals surface area (Å²) in [5.41, 5.74) is 2.09. The minimum absolute atomic E-state index is 0.582. The van der Waals surface area contributed by atoms with Gasteiger partial charge in [-0.25, -0.2) is 4.98 Å². The van der Waals surface area contributed by atoms with Crippen molar-refractivity contribution in [1.82, 2.24) is 9.97 Å². The quantitative estimate of drug-likeness (QED) is 0.876. The van der Waals surface area contributed by atoms with Crippen LogP contribution in [0.1, 0.15) is 24.8 Å². The van der Waals surface area contributed by atoms with E-state index in [4.69, 9.17) is 0 Å². The molecule has 1 heterocycles. The molecule has 0 spiro atoms. The first-order chi connectivity index (χ1) is 9.31. The normalized spacial score (nSPS) is 14.8. The molecule has 0 bridgehead atoms. The summed E-state index contributed by atoms with van der Waals surface area (Å²) in [6.07, 6.45) is 5.66. The van der Waals surface area contributed by atoms with Gasteiger partial charge in [0, 0.05) is 23.5 Å². The number of aryl methyl sites for hydroxylation is 1. The highest BCUT2D eigenvalue weighted by Gasteiger charge is 2.18. The molecule has 1 saturated carbocycles. The summed E-state index contributed by atoms with van der Waals surface area (Å²) < 4.78 is 0. The molecule has 3 rings (SSSR count). The third kappa shape index (κ3) is 2.84. The van der Waals surface area contributed by atoms with Crippen molar-refractivity contribution in [3.05, 3.63) is 42.1 Å². The van der Waals surface area contributed by atoms with Gasteiger partial charge in [-0.2, -0.15) is 4.98 Å². The van der Waals surface area contributed by atoms with Crippen LogP contribution in [0.4, 0.5) is 17.5 Å². The maximum atomic E-state index is 4.56. The fourth-order valence-corrected chi connectivity index (χ4v) is 2.04. The van der Waals surface area contributed by atoms with Crippen molar-refractivity contribution in [2.75, 3.05) is 10.6 Å². The Hall–Kier alpha value is -2.10. The highest BCUT2D eigenvalue weighted by molar-refractivity contribution is 5.56. The summed E-state index contributed by atoms with van der Waals surface area (Å²) in [6.45, 7) is 2.04. The number of rotatable bonds is 4. The van der Waals surface area contributed by atoms with Crippen molar-refractivity contribution in [3.8, 4) is 0 Å². The standard InChI is InChI=1S/C15H18N4/c1-11-10-16-15(18-13-6-3-2-4-7-13)19-14(11)17-12-8-5-9-12/h2-4,6-7,10,12H,5,8-9H2,1H3,(H2,16,17,18,19). The van der Waals surface area contributed by atoms with Gasteiger partial charge in [0.1, 0.15) is 5.82 Å². The van der Waals surface area contributed by atoms with Crippen LogP contribution in [-0.2, 0) is 0 Å². The van der Waals surface area contributed by atoms with Gasteiger partial charge in [-0.05, 0) is 38.3 Å². The fourth-order valence-electron chi connectivity index (χ4n) is 2.04. The maximum absolute atomic E-state index is 4.56. The number of hydrogen-bond donors (Lipinski definition) is 2. The van der Waals surface area contributed by atoms with E-state index in [-0.39, 0.29) is 0 Å². The predicted octanol–water partition coefficient (Wildman–Crippen LogP) is 3.49. The molecule has 0 saturated heterocycles. The first-order valence-corrected chi connectivity index (χ1v) is 6.73. The average molecular weight is 254 g/mol. The topological polar surface area (TPSA) is 49.8 Å². The summed E-state index contributed by atoms with van der Waals surface area (Å²) in [6, 6.07) is 10.6. The van der Waals surface area contributed by atoms with E-state index in [1.54, 1.807) is 0 Å². The van der Waals surface area contributed by atoms with E-state index in [0.717, 1.165) is 17.1 Å². The van der Waals surface area contributed by atoms with E-state index in [1.807, 2.05) is 43.5 Å². The summed E-state index contributed by atoms with van der Waals surface area (Å²) in [7, 11) is 0. The SMILES string of the molecule is Cc1cnc(Nc2ccccc2)nc1NC1CCC1. The Kier molecular flexibility index (Phi) is 3.31. The summed E-state index contributed by atoms with van der Waals surface area (Å²) in [5, 5.41) is 6.70. The zero-order valence-electron chi connectivity index (χ0n) is 11.1. The van der Waals surface area contributed by atoms with Gasteiger partial charge in [0.15, 0.2) is 0 Å². The lowest BCUT2D eigenvalue weighted by Gasteiger charge is -2.27. The predicted molar refractivity (Wildman–Crippen MR) is 77.8 cm³/mol. The van der Waals surface area contributed by atoms with Gasteiger partial charge in [-0.1, -0.05) is 18.2 Å². The summed E-state index contributed by atoms with van der Waals surface area (Å²) in [4.78, 5) is 8.88. The van der Waals surface area contributed by atoms with Gasteiger partial charge < -0.3 is 10.6 Å². The lowest BCUT2D eigenvalue weighted by Crippen LogP contribution is -2.28. The third-order valence-corrected chi connectivity index (χ3v) is 3.45. The molecular formula is C15H18N4. The van der Waals surface area contributed by atoms with E-state index in [2.05, 4.69) is 20.6 Å². The molecule has 4 heteroatoms. The van der Waals surface area contributed by atoms with Crippen molar-refractivity contribution in [1.29, 1.82) is 0 Å². The number of hydrogen-bond acceptors (Lipinski definition) is 4. The highest BCUT2D eigenvalue weighted by Crippen LogP contribution is 2.24. The fraction of sp³-hybridized carbons (Fsp3) is 0.333. The number of anilines is 3. The van der Waals surface area contributed by atoms with Crippen LogP contribution >= 0.6 is 0 Å². The number of aromatic nitrogens is 2. The molecule has 1 aromatic carbocycles. The van der Waals surface area contributed by atoms with Crippen LogP contribution in [-0.4, -0.2) is 16.0 Å². The smallest absolute Gasteiger partial charge is 0.229 e. The molecule has 2 aromatic rings. The van der Waals surface area contributed by atoms with Gasteiger partial charge >= 0.3 is 0 Å². The van der Waals surface area contributed by atoms with Crippen LogP contribution in [0.15, 0.2) is 36.5 Å². The Morgan fingerprint density at radius 3 is 2.63 bits per heavy atom. The second kappa shape index (κ2) is 5.26. The molecule has 0 atom stereocenters. The molecule has 0 amide bonds. The van der Waals surface area contributed by atoms with Crippen molar-refractivity contribution >= 4 is 17.5 Å². The Labute approximate surface area is 113 Å². The number of benzene rings is 1. The first kappa shape index (κ1) is 12.0. The van der Waals surface area contributed by atoms with E-state index in [0.29, 0.717) is 12.0 Å². The molecule has 19 heavy (non-hydrogen) atoms. The Morgan fingerprint density at radius 1 is 1.16 bits per heavy atom. The summed E-state index contributed by atoms with van der Waals surface area (Å²) >= 11 is 0. The summed E-state index contributed by atoms with van der Waals surface area (Å²) in [5.74, 6) is 1.58. The molecular weight excluding hydrogens is 236 g/mol. The van der Waals surface area contributed by atoms with E-state index in [9.17, 15) is 0 Å². The highest BCUT2D eigenvalue weighted by atomic mass is 15.1. The minimum Gasteiger partial charge on any atom is -0.367 e. The molecule has 4 nitrogen and oxygen atoms in total. The van der Waals surface area contributed by atoms with Crippen LogP contribution in [0.3, 0.4) is 0 Å². The van der Waals surface area contributed by atoms with Gasteiger partial charge in [-0.3, -0.25) is 0 Å². The first-order valence-electron chi connectivity index (χ1n) is 6.73. The second-order valence-corrected chi connectivity index (χ2v) is 4.99. The molecule has 0 aliphatic heterocycles. The van der Waals surface area contributed by atoms with Crippen LogP contribution in [0.25, 0.3) is 0 Å². The van der Waals surface area contributed by atoms with Gasteiger partial charge in [0.2, 0.25) is 5.95 Å². The minimum atomic E-state index is 0.582. The number of nitrogens with zero attached hydrogens (tertiary/aromatic N) is 2. The molecule has 1 fully saturated rings. The maximum Gasteiger partial charge on any atom is 0.229 e. The van der Waals surface area contributed by atoms with Crippen molar-refractivity contribution in [3.63, 3.8) is 0 Å². The lowest BCUT2D eigenvalue weighted by molar-refractivity contribution is 0.444. The molecule has 2 N–H and O–H groups in total. The average Bonchev–Trinajstić information content (AvgIpc) is 2.38. The van der Waals surface area contributed by atoms with Crippen molar-refractivity contribution in [2.45, 2.75) is 32.2 Å². The largest absolute Gasteiger partial charge is 0.367 e. The Balaban J connectivity index is 1.76. The van der Waals surface area contributed by atoms with Crippen LogP contribution in [0.5, 0.6) is 0 Å². The molecule has 0 unspecified atom stereocenters. The second-order valence-electron chi connectivity index (χ2n) is 4.99. The number of nitrogens with one attached hydrogen (secondary N) is 2. The van der Waals surface area contributed by atoms with Crippen molar-refractivity contribution in [2.24, 2.45) is 0 Å². The monoisotopic (exact) mass is 254 g/mol. The van der Waals surface area contributed by atoms with Crippen molar-refractivity contribution < 1.29 is 0 Å². The van der Waals surface area contributed by atoms with Crippen LogP contribution in [0.2, 0.25) is 0 Å². The molecule has 1 aromatic heterocycles. The molecule has 1 aliphatic rings. The Morgan fingerprint density at radius 2 is 1.95 bits per heavy atom.